The summed E-state index contributed by atoms with van der Waals surface area (Å²) >= 11 is 10.3. The molecule has 0 spiro atoms. The van der Waals surface area contributed by atoms with Gasteiger partial charge < -0.3 is 4.74 Å². The molecule has 1 aliphatic rings. The molecule has 0 N–H and O–H groups in total. The van der Waals surface area contributed by atoms with Gasteiger partial charge in [-0.15, -0.1) is 0 Å². The van der Waals surface area contributed by atoms with Crippen molar-refractivity contribution in [3.05, 3.63) is 100 Å². The Morgan fingerprint density at radius 2 is 1.58 bits per heavy atom. The number of halogens is 3. The van der Waals surface area contributed by atoms with E-state index in [1.807, 2.05) is 55.5 Å². The lowest BCUT2D eigenvalue weighted by molar-refractivity contribution is -0.123. The van der Waals surface area contributed by atoms with Crippen molar-refractivity contribution in [1.29, 1.82) is 0 Å². The molecule has 1 saturated heterocycles. The third-order valence-electron chi connectivity index (χ3n) is 4.95. The first-order valence-electron chi connectivity index (χ1n) is 9.97. The molecule has 0 aliphatic carbocycles. The number of hydrogen-bond acceptors (Lipinski definition) is 4. The Morgan fingerprint density at radius 1 is 0.970 bits per heavy atom. The molecule has 1 heterocycles. The second kappa shape index (κ2) is 10.8. The number of aryl methyl sites for hydroxylation is 1. The SMILES string of the molecule is Cc1ccc(COc2c(Br)cc(/C=C3\SC(=O)N(Cc4ccc(I)cc4)C3=O)cc2Br)cc1. The van der Waals surface area contributed by atoms with Crippen molar-refractivity contribution in [2.75, 3.05) is 0 Å². The number of imide groups is 1. The third-order valence-corrected chi connectivity index (χ3v) is 7.75. The van der Waals surface area contributed by atoms with Crippen LogP contribution in [0.1, 0.15) is 22.3 Å². The molecule has 0 atom stereocenters. The van der Waals surface area contributed by atoms with Crippen molar-refractivity contribution in [3.8, 4) is 5.75 Å². The maximum atomic E-state index is 12.9. The molecule has 0 aromatic heterocycles. The van der Waals surface area contributed by atoms with Gasteiger partial charge in [-0.05, 0) is 120 Å². The van der Waals surface area contributed by atoms with Crippen molar-refractivity contribution in [2.24, 2.45) is 0 Å². The van der Waals surface area contributed by atoms with Crippen LogP contribution in [0.15, 0.2) is 74.5 Å². The van der Waals surface area contributed by atoms with E-state index >= 15 is 0 Å². The zero-order valence-corrected chi connectivity index (χ0v) is 23.6. The van der Waals surface area contributed by atoms with Gasteiger partial charge in [-0.3, -0.25) is 14.5 Å². The lowest BCUT2D eigenvalue weighted by Gasteiger charge is -2.13. The number of hydrogen-bond donors (Lipinski definition) is 0. The molecule has 0 bridgehead atoms. The number of amides is 2. The minimum atomic E-state index is -0.282. The molecule has 2 amide bonds. The highest BCUT2D eigenvalue weighted by Gasteiger charge is 2.35. The van der Waals surface area contributed by atoms with Gasteiger partial charge in [-0.25, -0.2) is 0 Å². The zero-order chi connectivity index (χ0) is 23.5. The van der Waals surface area contributed by atoms with Crippen LogP contribution >= 0.6 is 66.2 Å². The number of thioether (sulfide) groups is 1. The average Bonchev–Trinajstić information content (AvgIpc) is 3.03. The van der Waals surface area contributed by atoms with Gasteiger partial charge >= 0.3 is 0 Å². The summed E-state index contributed by atoms with van der Waals surface area (Å²) in [6.45, 7) is 2.75. The molecule has 4 nitrogen and oxygen atoms in total. The number of nitrogens with zero attached hydrogens (tertiary/aromatic N) is 1. The summed E-state index contributed by atoms with van der Waals surface area (Å²) in [6.07, 6.45) is 1.73. The molecule has 3 aromatic rings. The topological polar surface area (TPSA) is 46.6 Å². The summed E-state index contributed by atoms with van der Waals surface area (Å²) in [5.41, 5.74) is 3.98. The van der Waals surface area contributed by atoms with Gasteiger partial charge in [0.1, 0.15) is 12.4 Å². The molecule has 168 valence electrons. The number of benzene rings is 3. The molecule has 4 rings (SSSR count). The third kappa shape index (κ3) is 6.09. The summed E-state index contributed by atoms with van der Waals surface area (Å²) < 4.78 is 8.62. The molecule has 0 radical (unpaired) electrons. The zero-order valence-electron chi connectivity index (χ0n) is 17.5. The Hall–Kier alpha value is -1.62. The summed E-state index contributed by atoms with van der Waals surface area (Å²) in [6, 6.07) is 19.7. The lowest BCUT2D eigenvalue weighted by atomic mass is 10.1. The lowest BCUT2D eigenvalue weighted by Crippen LogP contribution is -2.27. The molecule has 33 heavy (non-hydrogen) atoms. The first-order chi connectivity index (χ1) is 15.8. The predicted octanol–water partition coefficient (Wildman–Crippen LogP) is 7.94. The summed E-state index contributed by atoms with van der Waals surface area (Å²) in [7, 11) is 0. The molecule has 3 aromatic carbocycles. The van der Waals surface area contributed by atoms with E-state index in [-0.39, 0.29) is 17.7 Å². The highest BCUT2D eigenvalue weighted by Crippen LogP contribution is 2.38. The highest BCUT2D eigenvalue weighted by molar-refractivity contribution is 14.1. The minimum absolute atomic E-state index is 0.262. The van der Waals surface area contributed by atoms with Crippen LogP contribution in [0.4, 0.5) is 4.79 Å². The van der Waals surface area contributed by atoms with E-state index in [1.54, 1.807) is 6.08 Å². The van der Waals surface area contributed by atoms with Crippen LogP contribution in [0.5, 0.6) is 5.75 Å². The first-order valence-corrected chi connectivity index (χ1v) is 13.5. The van der Waals surface area contributed by atoms with Crippen molar-refractivity contribution >= 4 is 83.4 Å². The van der Waals surface area contributed by atoms with Gasteiger partial charge in [0.15, 0.2) is 0 Å². The van der Waals surface area contributed by atoms with Crippen LogP contribution in [0.3, 0.4) is 0 Å². The van der Waals surface area contributed by atoms with Crippen molar-refractivity contribution in [2.45, 2.75) is 20.1 Å². The van der Waals surface area contributed by atoms with E-state index in [0.717, 1.165) is 41.0 Å². The Kier molecular flexibility index (Phi) is 7.99. The van der Waals surface area contributed by atoms with E-state index in [2.05, 4.69) is 66.6 Å². The highest BCUT2D eigenvalue weighted by atomic mass is 127. The molecular formula is C25H18Br2INO3S. The van der Waals surface area contributed by atoms with Crippen LogP contribution < -0.4 is 4.74 Å². The van der Waals surface area contributed by atoms with E-state index < -0.39 is 0 Å². The number of carbonyl (C=O) groups is 2. The van der Waals surface area contributed by atoms with Gasteiger partial charge in [0, 0.05) is 3.57 Å². The smallest absolute Gasteiger partial charge is 0.293 e. The molecule has 0 unspecified atom stereocenters. The molecule has 0 saturated carbocycles. The predicted molar refractivity (Wildman–Crippen MR) is 148 cm³/mol. The molecular weight excluding hydrogens is 681 g/mol. The minimum Gasteiger partial charge on any atom is -0.487 e. The normalized spacial score (nSPS) is 14.9. The standard InChI is InChI=1S/C25H18Br2INO3S/c1-15-2-4-17(5-3-15)14-32-23-20(26)10-18(11-21(23)27)12-22-24(30)29(25(31)33-22)13-16-6-8-19(28)9-7-16/h2-12H,13-14H2,1H3/b22-12-. The number of rotatable bonds is 6. The maximum absolute atomic E-state index is 12.9. The van der Waals surface area contributed by atoms with Gasteiger partial charge in [0.2, 0.25) is 0 Å². The fraction of sp³-hybridized carbons (Fsp3) is 0.120. The Labute approximate surface area is 227 Å². The molecule has 1 fully saturated rings. The number of ether oxygens (including phenoxy) is 1. The van der Waals surface area contributed by atoms with Crippen LogP contribution in [0, 0.1) is 10.5 Å². The summed E-state index contributed by atoms with van der Waals surface area (Å²) in [5.74, 6) is 0.398. The van der Waals surface area contributed by atoms with E-state index in [1.165, 1.54) is 10.5 Å². The van der Waals surface area contributed by atoms with E-state index in [0.29, 0.717) is 17.3 Å². The van der Waals surface area contributed by atoms with Gasteiger partial charge in [-0.1, -0.05) is 42.0 Å². The van der Waals surface area contributed by atoms with E-state index in [9.17, 15) is 9.59 Å². The average molecular weight is 699 g/mol. The monoisotopic (exact) mass is 697 g/mol. The molecule has 1 aliphatic heterocycles. The first kappa shape index (κ1) is 24.5. The largest absolute Gasteiger partial charge is 0.487 e. The van der Waals surface area contributed by atoms with Crippen molar-refractivity contribution in [1.82, 2.24) is 4.90 Å². The van der Waals surface area contributed by atoms with Crippen LogP contribution in [0.25, 0.3) is 6.08 Å². The Morgan fingerprint density at radius 3 is 2.21 bits per heavy atom. The second-order valence-corrected chi connectivity index (χ2v) is 11.4. The number of carbonyl (C=O) groups excluding carboxylic acids is 2. The summed E-state index contributed by atoms with van der Waals surface area (Å²) in [5, 5.41) is -0.263. The molecule has 8 heteroatoms. The van der Waals surface area contributed by atoms with Gasteiger partial charge in [-0.2, -0.15) is 0 Å². The van der Waals surface area contributed by atoms with Gasteiger partial charge in [0.25, 0.3) is 11.1 Å². The fourth-order valence-corrected chi connectivity index (χ4v) is 5.85. The Balaban J connectivity index is 1.49. The quantitative estimate of drug-likeness (QED) is 0.194. The maximum Gasteiger partial charge on any atom is 0.293 e. The van der Waals surface area contributed by atoms with Gasteiger partial charge in [0.05, 0.1) is 20.4 Å². The second-order valence-electron chi connectivity index (χ2n) is 7.48. The Bertz CT molecular complexity index is 1220. The fourth-order valence-electron chi connectivity index (χ4n) is 3.20. The van der Waals surface area contributed by atoms with Crippen molar-refractivity contribution in [3.63, 3.8) is 0 Å². The summed E-state index contributed by atoms with van der Waals surface area (Å²) in [4.78, 5) is 27.0. The van der Waals surface area contributed by atoms with Crippen LogP contribution in [-0.2, 0) is 17.9 Å². The van der Waals surface area contributed by atoms with Crippen LogP contribution in [0.2, 0.25) is 0 Å². The van der Waals surface area contributed by atoms with Crippen molar-refractivity contribution < 1.29 is 14.3 Å². The van der Waals surface area contributed by atoms with E-state index in [4.69, 9.17) is 4.74 Å². The van der Waals surface area contributed by atoms with Crippen LogP contribution in [-0.4, -0.2) is 16.0 Å².